The van der Waals surface area contributed by atoms with E-state index in [0.717, 1.165) is 11.3 Å². The molecule has 98 valence electrons. The molecule has 0 bridgehead atoms. The van der Waals surface area contributed by atoms with Gasteiger partial charge >= 0.3 is 0 Å². The Morgan fingerprint density at radius 1 is 1.21 bits per heavy atom. The maximum absolute atomic E-state index is 12.1. The summed E-state index contributed by atoms with van der Waals surface area (Å²) in [6.07, 6.45) is 3.48. The van der Waals surface area contributed by atoms with Crippen molar-refractivity contribution in [3.8, 4) is 0 Å². The number of nitrogens with one attached hydrogen (secondary N) is 2. The minimum atomic E-state index is -0.0843. The zero-order valence-corrected chi connectivity index (χ0v) is 11.1. The number of amides is 1. The Morgan fingerprint density at radius 2 is 1.95 bits per heavy atom. The van der Waals surface area contributed by atoms with Crippen LogP contribution in [0.5, 0.6) is 0 Å². The third kappa shape index (κ3) is 3.31. The van der Waals surface area contributed by atoms with Crippen molar-refractivity contribution in [1.29, 1.82) is 0 Å². The fourth-order valence-electron chi connectivity index (χ4n) is 1.78. The molecule has 2 rings (SSSR count). The molecule has 0 aliphatic heterocycles. The van der Waals surface area contributed by atoms with Gasteiger partial charge in [0.25, 0.3) is 5.91 Å². The Bertz CT molecular complexity index is 537. The number of carbonyl (C=O) groups is 1. The summed E-state index contributed by atoms with van der Waals surface area (Å²) in [6.45, 7) is 1.94. The van der Waals surface area contributed by atoms with Crippen molar-refractivity contribution in [2.24, 2.45) is 0 Å². The lowest BCUT2D eigenvalue weighted by Crippen LogP contribution is -2.26. The van der Waals surface area contributed by atoms with Gasteiger partial charge in [-0.3, -0.25) is 9.78 Å². The number of hydrogen-bond acceptors (Lipinski definition) is 3. The number of anilines is 1. The molecule has 0 aliphatic rings. The molecule has 1 atom stereocenters. The number of nitrogens with zero attached hydrogens (tertiary/aromatic N) is 1. The lowest BCUT2D eigenvalue weighted by atomic mass is 10.1. The van der Waals surface area contributed by atoms with Gasteiger partial charge in [-0.25, -0.2) is 0 Å². The maximum Gasteiger partial charge on any atom is 0.251 e. The van der Waals surface area contributed by atoms with Crippen LogP contribution in [-0.4, -0.2) is 17.9 Å². The molecule has 2 aromatic rings. The van der Waals surface area contributed by atoms with Crippen LogP contribution in [0.4, 0.5) is 5.69 Å². The fourth-order valence-corrected chi connectivity index (χ4v) is 1.78. The third-order valence-corrected chi connectivity index (χ3v) is 2.97. The SMILES string of the molecule is CNc1ccc(C(=O)NC(C)c2cccnc2)cc1. The molecule has 1 aromatic carbocycles. The van der Waals surface area contributed by atoms with Gasteiger partial charge in [0, 0.05) is 30.7 Å². The van der Waals surface area contributed by atoms with E-state index in [-0.39, 0.29) is 11.9 Å². The summed E-state index contributed by atoms with van der Waals surface area (Å²) in [5.41, 5.74) is 2.62. The highest BCUT2D eigenvalue weighted by Gasteiger charge is 2.11. The van der Waals surface area contributed by atoms with Gasteiger partial charge in [-0.05, 0) is 42.8 Å². The molecular formula is C15H17N3O. The van der Waals surface area contributed by atoms with E-state index in [9.17, 15) is 4.79 Å². The van der Waals surface area contributed by atoms with Crippen molar-refractivity contribution in [3.63, 3.8) is 0 Å². The molecule has 1 aromatic heterocycles. The lowest BCUT2D eigenvalue weighted by molar-refractivity contribution is 0.0940. The van der Waals surface area contributed by atoms with Crippen LogP contribution in [0.15, 0.2) is 48.8 Å². The summed E-state index contributed by atoms with van der Waals surface area (Å²) in [7, 11) is 1.85. The van der Waals surface area contributed by atoms with Gasteiger partial charge in [-0.1, -0.05) is 6.07 Å². The first-order chi connectivity index (χ1) is 9.20. The average molecular weight is 255 g/mol. The number of hydrogen-bond donors (Lipinski definition) is 2. The van der Waals surface area contributed by atoms with Gasteiger partial charge in [-0.2, -0.15) is 0 Å². The minimum absolute atomic E-state index is 0.0647. The summed E-state index contributed by atoms with van der Waals surface area (Å²) in [5.74, 6) is -0.0843. The summed E-state index contributed by atoms with van der Waals surface area (Å²) in [4.78, 5) is 16.1. The quantitative estimate of drug-likeness (QED) is 0.883. The second-order valence-corrected chi connectivity index (χ2v) is 4.31. The molecule has 1 unspecified atom stereocenters. The van der Waals surface area contributed by atoms with Gasteiger partial charge in [0.2, 0.25) is 0 Å². The van der Waals surface area contributed by atoms with Gasteiger partial charge in [-0.15, -0.1) is 0 Å². The Balaban J connectivity index is 2.04. The van der Waals surface area contributed by atoms with Crippen molar-refractivity contribution < 1.29 is 4.79 Å². The highest BCUT2D eigenvalue weighted by Crippen LogP contribution is 2.13. The van der Waals surface area contributed by atoms with E-state index in [1.165, 1.54) is 0 Å². The average Bonchev–Trinajstić information content (AvgIpc) is 2.48. The molecule has 1 heterocycles. The molecule has 1 amide bonds. The standard InChI is InChI=1S/C15H17N3O/c1-11(13-4-3-9-17-10-13)18-15(19)12-5-7-14(16-2)8-6-12/h3-11,16H,1-2H3,(H,18,19). The zero-order valence-electron chi connectivity index (χ0n) is 11.1. The maximum atomic E-state index is 12.1. The third-order valence-electron chi connectivity index (χ3n) is 2.97. The van der Waals surface area contributed by atoms with E-state index in [1.807, 2.05) is 38.2 Å². The van der Waals surface area contributed by atoms with E-state index >= 15 is 0 Å². The van der Waals surface area contributed by atoms with Crippen LogP contribution in [0.3, 0.4) is 0 Å². The summed E-state index contributed by atoms with van der Waals surface area (Å²) >= 11 is 0. The molecule has 4 nitrogen and oxygen atoms in total. The topological polar surface area (TPSA) is 54.0 Å². The number of pyridine rings is 1. The second kappa shape index (κ2) is 6.00. The van der Waals surface area contributed by atoms with E-state index in [1.54, 1.807) is 24.5 Å². The molecule has 4 heteroatoms. The largest absolute Gasteiger partial charge is 0.388 e. The minimum Gasteiger partial charge on any atom is -0.388 e. The highest BCUT2D eigenvalue weighted by molar-refractivity contribution is 5.94. The molecule has 0 aliphatic carbocycles. The van der Waals surface area contributed by atoms with Crippen LogP contribution in [0.1, 0.15) is 28.9 Å². The lowest BCUT2D eigenvalue weighted by Gasteiger charge is -2.14. The number of carbonyl (C=O) groups excluding carboxylic acids is 1. The van der Waals surface area contributed by atoms with Crippen LogP contribution in [0.2, 0.25) is 0 Å². The van der Waals surface area contributed by atoms with Gasteiger partial charge in [0.1, 0.15) is 0 Å². The first-order valence-corrected chi connectivity index (χ1v) is 6.19. The number of rotatable bonds is 4. The van der Waals surface area contributed by atoms with Crippen LogP contribution < -0.4 is 10.6 Å². The Labute approximate surface area is 112 Å². The zero-order chi connectivity index (χ0) is 13.7. The Morgan fingerprint density at radius 3 is 2.53 bits per heavy atom. The summed E-state index contributed by atoms with van der Waals surface area (Å²) < 4.78 is 0. The monoisotopic (exact) mass is 255 g/mol. The van der Waals surface area contributed by atoms with E-state index in [2.05, 4.69) is 15.6 Å². The van der Waals surface area contributed by atoms with Gasteiger partial charge in [0.05, 0.1) is 6.04 Å². The molecule has 0 saturated heterocycles. The van der Waals surface area contributed by atoms with Crippen molar-refractivity contribution >= 4 is 11.6 Å². The molecule has 2 N–H and O–H groups in total. The van der Waals surface area contributed by atoms with Gasteiger partial charge < -0.3 is 10.6 Å². The summed E-state index contributed by atoms with van der Waals surface area (Å²) in [5, 5.41) is 5.97. The number of aromatic nitrogens is 1. The van der Waals surface area contributed by atoms with Crippen molar-refractivity contribution in [3.05, 3.63) is 59.9 Å². The Kier molecular flexibility index (Phi) is 4.13. The molecule has 0 fully saturated rings. The number of benzene rings is 1. The molecule has 0 spiro atoms. The molecule has 0 radical (unpaired) electrons. The molecule has 0 saturated carbocycles. The predicted octanol–water partition coefficient (Wildman–Crippen LogP) is 2.61. The van der Waals surface area contributed by atoms with Gasteiger partial charge in [0.15, 0.2) is 0 Å². The van der Waals surface area contributed by atoms with Crippen molar-refractivity contribution in [1.82, 2.24) is 10.3 Å². The summed E-state index contributed by atoms with van der Waals surface area (Å²) in [6, 6.07) is 11.1. The second-order valence-electron chi connectivity index (χ2n) is 4.31. The first-order valence-electron chi connectivity index (χ1n) is 6.19. The van der Waals surface area contributed by atoms with Crippen molar-refractivity contribution in [2.45, 2.75) is 13.0 Å². The fraction of sp³-hybridized carbons (Fsp3) is 0.200. The first kappa shape index (κ1) is 13.1. The molecular weight excluding hydrogens is 238 g/mol. The van der Waals surface area contributed by atoms with Crippen LogP contribution >= 0.6 is 0 Å². The van der Waals surface area contributed by atoms with E-state index in [0.29, 0.717) is 5.56 Å². The normalized spacial score (nSPS) is 11.7. The van der Waals surface area contributed by atoms with Crippen LogP contribution in [-0.2, 0) is 0 Å². The van der Waals surface area contributed by atoms with Crippen molar-refractivity contribution in [2.75, 3.05) is 12.4 Å². The molecule has 19 heavy (non-hydrogen) atoms. The smallest absolute Gasteiger partial charge is 0.251 e. The van der Waals surface area contributed by atoms with Crippen LogP contribution in [0.25, 0.3) is 0 Å². The Hall–Kier alpha value is -2.36. The highest BCUT2D eigenvalue weighted by atomic mass is 16.1. The van der Waals surface area contributed by atoms with E-state index in [4.69, 9.17) is 0 Å². The van der Waals surface area contributed by atoms with Crippen LogP contribution in [0, 0.1) is 0 Å². The van der Waals surface area contributed by atoms with E-state index < -0.39 is 0 Å². The predicted molar refractivity (Wildman–Crippen MR) is 76.1 cm³/mol.